The number of hydrogen-bond acceptors (Lipinski definition) is 7. The van der Waals surface area contributed by atoms with Crippen LogP contribution < -0.4 is 14.5 Å². The number of ether oxygens (including phenoxy) is 1. The first-order chi connectivity index (χ1) is 21.0. The zero-order valence-electron chi connectivity index (χ0n) is 25.1. The molecule has 3 aromatic rings. The van der Waals surface area contributed by atoms with Crippen molar-refractivity contribution in [2.24, 2.45) is 0 Å². The van der Waals surface area contributed by atoms with E-state index in [0.29, 0.717) is 44.8 Å². The lowest BCUT2D eigenvalue weighted by Gasteiger charge is -2.40. The number of terminal acetylenes is 1. The molecule has 1 saturated carbocycles. The average Bonchev–Trinajstić information content (AvgIpc) is 2.99. The largest absolute Gasteiger partial charge is 0.462 e. The second-order valence-electron chi connectivity index (χ2n) is 11.9. The molecule has 9 heteroatoms. The number of hydrogen-bond donors (Lipinski definition) is 0. The second kappa shape index (κ2) is 12.5. The van der Waals surface area contributed by atoms with Crippen LogP contribution in [0.4, 0.5) is 11.5 Å². The molecule has 3 aliphatic rings. The Morgan fingerprint density at radius 1 is 1.16 bits per heavy atom. The third-order valence-electron chi connectivity index (χ3n) is 9.30. The Labute approximate surface area is 254 Å². The Balaban J connectivity index is 1.31. The topological polar surface area (TPSA) is 69.4 Å². The molecule has 3 heterocycles. The summed E-state index contributed by atoms with van der Waals surface area (Å²) in [5, 5.41) is 2.51. The molecule has 9 nitrogen and oxygen atoms in total. The Morgan fingerprint density at radius 2 is 1.98 bits per heavy atom. The molecule has 43 heavy (non-hydrogen) atoms. The van der Waals surface area contributed by atoms with E-state index in [2.05, 4.69) is 75.8 Å². The molecule has 1 saturated heterocycles. The van der Waals surface area contributed by atoms with Crippen LogP contribution in [0.2, 0.25) is 0 Å². The highest BCUT2D eigenvalue weighted by Crippen LogP contribution is 2.36. The highest BCUT2D eigenvalue weighted by molar-refractivity contribution is 5.97. The van der Waals surface area contributed by atoms with Crippen LogP contribution in [0.5, 0.6) is 6.01 Å². The summed E-state index contributed by atoms with van der Waals surface area (Å²) < 4.78 is 6.23. The SMILES string of the molecule is [C-]#[N+]C[C@H]1CN(c2nc(OCCN(C)C3CCC3)nc3c2CCN(c2cccc4cccc(C)c24)C3)CCN1C(=O)C#C. The van der Waals surface area contributed by atoms with Crippen molar-refractivity contribution >= 4 is 28.2 Å². The molecule has 6 rings (SSSR count). The minimum atomic E-state index is -0.362. The molecule has 0 radical (unpaired) electrons. The van der Waals surface area contributed by atoms with Crippen LogP contribution in [-0.4, -0.2) is 90.7 Å². The summed E-state index contributed by atoms with van der Waals surface area (Å²) in [6.07, 6.45) is 10.0. The first-order valence-electron chi connectivity index (χ1n) is 15.3. The standard InChI is InChI=1S/C34H39N7O2/c1-5-31(42)41-18-17-40(22-27(41)21-35-3)33-28-15-16-39(30-14-7-11-25-10-6-9-24(2)32(25)30)23-29(28)36-34(37-33)43-20-19-38(4)26-12-8-13-26/h1,6-7,9-11,14,26-27H,8,12-13,15-23H2,2,4H3/t27-/m0/s1. The molecule has 2 aromatic carbocycles. The van der Waals surface area contributed by atoms with Crippen molar-refractivity contribution in [3.05, 3.63) is 64.6 Å². The fraction of sp³-hybridized carbons (Fsp3) is 0.471. The maximum atomic E-state index is 12.4. The van der Waals surface area contributed by atoms with Gasteiger partial charge >= 0.3 is 6.01 Å². The molecule has 0 N–H and O–H groups in total. The zero-order valence-corrected chi connectivity index (χ0v) is 25.1. The van der Waals surface area contributed by atoms with Gasteiger partial charge in [0, 0.05) is 55.4 Å². The smallest absolute Gasteiger partial charge is 0.318 e. The van der Waals surface area contributed by atoms with Crippen molar-refractivity contribution in [1.29, 1.82) is 0 Å². The summed E-state index contributed by atoms with van der Waals surface area (Å²) in [7, 11) is 2.16. The van der Waals surface area contributed by atoms with Crippen molar-refractivity contribution < 1.29 is 9.53 Å². The molecule has 0 bridgehead atoms. The van der Waals surface area contributed by atoms with Crippen LogP contribution in [-0.2, 0) is 17.8 Å². The van der Waals surface area contributed by atoms with E-state index in [1.807, 2.05) is 0 Å². The van der Waals surface area contributed by atoms with E-state index in [-0.39, 0.29) is 18.5 Å². The van der Waals surface area contributed by atoms with Crippen molar-refractivity contribution in [2.75, 3.05) is 62.7 Å². The molecule has 222 valence electrons. The summed E-state index contributed by atoms with van der Waals surface area (Å²) in [5.74, 6) is 2.72. The number of likely N-dealkylation sites (N-methyl/N-ethyl adjacent to an activating group) is 1. The molecular formula is C34H39N7O2. The van der Waals surface area contributed by atoms with Gasteiger partial charge < -0.3 is 29.2 Å². The highest BCUT2D eigenvalue weighted by atomic mass is 16.5. The maximum Gasteiger partial charge on any atom is 0.318 e. The number of piperazine rings is 1. The van der Waals surface area contributed by atoms with Crippen LogP contribution >= 0.6 is 0 Å². The number of carbonyl (C=O) groups is 1. The van der Waals surface area contributed by atoms with E-state index in [0.717, 1.165) is 36.6 Å². The molecule has 1 atom stereocenters. The Kier molecular flexibility index (Phi) is 8.35. The maximum absolute atomic E-state index is 12.4. The third kappa shape index (κ3) is 5.83. The number of nitrogens with zero attached hydrogens (tertiary/aromatic N) is 7. The predicted molar refractivity (Wildman–Crippen MR) is 169 cm³/mol. The van der Waals surface area contributed by atoms with Gasteiger partial charge in [0.15, 0.2) is 0 Å². The van der Waals surface area contributed by atoms with Gasteiger partial charge in [-0.3, -0.25) is 4.79 Å². The first kappa shape index (κ1) is 28.8. The number of carbonyl (C=O) groups excluding carboxylic acids is 1. The Morgan fingerprint density at radius 3 is 2.72 bits per heavy atom. The van der Waals surface area contributed by atoms with E-state index in [1.54, 1.807) is 4.90 Å². The van der Waals surface area contributed by atoms with E-state index in [9.17, 15) is 4.79 Å². The lowest BCUT2D eigenvalue weighted by molar-refractivity contribution is -0.127. The molecule has 1 aliphatic carbocycles. The third-order valence-corrected chi connectivity index (χ3v) is 9.30. The van der Waals surface area contributed by atoms with Gasteiger partial charge in [0.1, 0.15) is 18.5 Å². The van der Waals surface area contributed by atoms with Gasteiger partial charge in [0.05, 0.1) is 12.2 Å². The van der Waals surface area contributed by atoms with Crippen molar-refractivity contribution in [3.63, 3.8) is 0 Å². The summed E-state index contributed by atoms with van der Waals surface area (Å²) in [6.45, 7) is 14.2. The van der Waals surface area contributed by atoms with E-state index >= 15 is 0 Å². The summed E-state index contributed by atoms with van der Waals surface area (Å²) in [6, 6.07) is 13.7. The number of amides is 1. The van der Waals surface area contributed by atoms with Gasteiger partial charge in [-0.1, -0.05) is 36.8 Å². The molecule has 2 fully saturated rings. The summed E-state index contributed by atoms with van der Waals surface area (Å²) in [4.78, 5) is 34.6. The molecule has 2 aliphatic heterocycles. The number of rotatable bonds is 8. The van der Waals surface area contributed by atoms with E-state index in [1.165, 1.54) is 41.3 Å². The van der Waals surface area contributed by atoms with Crippen LogP contribution in [0.3, 0.4) is 0 Å². The highest BCUT2D eigenvalue weighted by Gasteiger charge is 2.35. The zero-order chi connectivity index (χ0) is 29.9. The van der Waals surface area contributed by atoms with Gasteiger partial charge in [-0.05, 0) is 56.2 Å². The molecule has 0 unspecified atom stereocenters. The van der Waals surface area contributed by atoms with Crippen molar-refractivity contribution in [2.45, 2.75) is 51.2 Å². The predicted octanol–water partition coefficient (Wildman–Crippen LogP) is 3.93. The van der Waals surface area contributed by atoms with E-state index in [4.69, 9.17) is 27.7 Å². The molecule has 1 amide bonds. The second-order valence-corrected chi connectivity index (χ2v) is 11.9. The monoisotopic (exact) mass is 577 g/mol. The van der Waals surface area contributed by atoms with Gasteiger partial charge in [-0.2, -0.15) is 9.97 Å². The normalized spacial score (nSPS) is 18.6. The summed E-state index contributed by atoms with van der Waals surface area (Å²) in [5.41, 5.74) is 4.55. The van der Waals surface area contributed by atoms with Gasteiger partial charge in [0.2, 0.25) is 6.54 Å². The Bertz CT molecular complexity index is 1580. The van der Waals surface area contributed by atoms with Crippen molar-refractivity contribution in [3.8, 4) is 18.4 Å². The van der Waals surface area contributed by atoms with Gasteiger partial charge in [-0.15, -0.1) is 6.42 Å². The number of fused-ring (bicyclic) bond motifs is 2. The average molecular weight is 578 g/mol. The van der Waals surface area contributed by atoms with Gasteiger partial charge in [-0.25, -0.2) is 6.57 Å². The fourth-order valence-corrected chi connectivity index (χ4v) is 6.64. The minimum Gasteiger partial charge on any atom is -0.462 e. The van der Waals surface area contributed by atoms with Gasteiger partial charge in [0.25, 0.3) is 5.91 Å². The number of benzene rings is 2. The summed E-state index contributed by atoms with van der Waals surface area (Å²) >= 11 is 0. The van der Waals surface area contributed by atoms with Crippen LogP contribution in [0, 0.1) is 25.8 Å². The number of aromatic nitrogens is 2. The first-order valence-corrected chi connectivity index (χ1v) is 15.3. The molecule has 0 spiro atoms. The minimum absolute atomic E-state index is 0.197. The van der Waals surface area contributed by atoms with Crippen LogP contribution in [0.25, 0.3) is 15.6 Å². The Hall–Kier alpha value is -4.34. The van der Waals surface area contributed by atoms with Crippen molar-refractivity contribution in [1.82, 2.24) is 19.8 Å². The lowest BCUT2D eigenvalue weighted by Crippen LogP contribution is -2.56. The molecule has 1 aromatic heterocycles. The quantitative estimate of drug-likeness (QED) is 0.297. The number of anilines is 2. The van der Waals surface area contributed by atoms with E-state index < -0.39 is 0 Å². The number of aryl methyl sites for hydroxylation is 1. The van der Waals surface area contributed by atoms with Crippen LogP contribution in [0.15, 0.2) is 36.4 Å². The molecular weight excluding hydrogens is 538 g/mol. The lowest BCUT2D eigenvalue weighted by atomic mass is 9.92. The van der Waals surface area contributed by atoms with Crippen LogP contribution in [0.1, 0.15) is 36.1 Å². The fourth-order valence-electron chi connectivity index (χ4n) is 6.64.